The molecule has 0 radical (unpaired) electrons. The van der Waals surface area contributed by atoms with Gasteiger partial charge < -0.3 is 10.6 Å². The predicted molar refractivity (Wildman–Crippen MR) is 74.1 cm³/mol. The van der Waals surface area contributed by atoms with Crippen LogP contribution < -0.4 is 10.6 Å². The van der Waals surface area contributed by atoms with Crippen molar-refractivity contribution < 1.29 is 0 Å². The van der Waals surface area contributed by atoms with Gasteiger partial charge in [0.25, 0.3) is 0 Å². The van der Waals surface area contributed by atoms with E-state index in [0.717, 1.165) is 13.1 Å². The van der Waals surface area contributed by atoms with Crippen LogP contribution in [0.15, 0.2) is 24.3 Å². The van der Waals surface area contributed by atoms with Gasteiger partial charge in [0.2, 0.25) is 0 Å². The van der Waals surface area contributed by atoms with Crippen molar-refractivity contribution in [2.24, 2.45) is 0 Å². The van der Waals surface area contributed by atoms with E-state index in [-0.39, 0.29) is 0 Å². The fraction of sp³-hybridized carbons (Fsp3) is 0.429. The van der Waals surface area contributed by atoms with Crippen molar-refractivity contribution in [3.05, 3.63) is 29.8 Å². The molecule has 0 amide bonds. The average Bonchev–Trinajstić information content (AvgIpc) is 2.28. The van der Waals surface area contributed by atoms with Crippen molar-refractivity contribution in [1.29, 1.82) is 0 Å². The number of hydrogen-bond donors (Lipinski definition) is 2. The Hall–Kier alpha value is -1.44. The van der Waals surface area contributed by atoms with E-state index in [0.29, 0.717) is 0 Å². The SMILES string of the molecule is C/C=C(/C)c1cc(NCC)cc(NCC)c1. The van der Waals surface area contributed by atoms with Crippen molar-refractivity contribution in [3.63, 3.8) is 0 Å². The van der Waals surface area contributed by atoms with Crippen LogP contribution in [0.2, 0.25) is 0 Å². The van der Waals surface area contributed by atoms with Crippen LogP contribution >= 0.6 is 0 Å². The van der Waals surface area contributed by atoms with Gasteiger partial charge in [0.1, 0.15) is 0 Å². The Morgan fingerprint density at radius 3 is 1.94 bits per heavy atom. The van der Waals surface area contributed by atoms with E-state index in [2.05, 4.69) is 62.6 Å². The first-order chi connectivity index (χ1) is 7.71. The molecule has 0 unspecified atom stereocenters. The van der Waals surface area contributed by atoms with Crippen molar-refractivity contribution >= 4 is 16.9 Å². The predicted octanol–water partition coefficient (Wildman–Crippen LogP) is 3.97. The zero-order valence-electron chi connectivity index (χ0n) is 10.7. The maximum atomic E-state index is 3.36. The van der Waals surface area contributed by atoms with Gasteiger partial charge in [-0.3, -0.25) is 0 Å². The number of allylic oxidation sites excluding steroid dienone is 2. The first-order valence-corrected chi connectivity index (χ1v) is 5.97. The second kappa shape index (κ2) is 6.21. The fourth-order valence-electron chi connectivity index (χ4n) is 1.63. The highest BCUT2D eigenvalue weighted by Crippen LogP contribution is 2.24. The zero-order chi connectivity index (χ0) is 12.0. The quantitative estimate of drug-likeness (QED) is 0.781. The fourth-order valence-corrected chi connectivity index (χ4v) is 1.63. The summed E-state index contributed by atoms with van der Waals surface area (Å²) >= 11 is 0. The molecule has 0 fully saturated rings. The summed E-state index contributed by atoms with van der Waals surface area (Å²) in [6.45, 7) is 10.3. The van der Waals surface area contributed by atoms with Crippen LogP contribution in [0.25, 0.3) is 5.57 Å². The summed E-state index contributed by atoms with van der Waals surface area (Å²) in [6, 6.07) is 6.54. The lowest BCUT2D eigenvalue weighted by Gasteiger charge is -2.11. The minimum Gasteiger partial charge on any atom is -0.385 e. The zero-order valence-corrected chi connectivity index (χ0v) is 10.7. The topological polar surface area (TPSA) is 24.1 Å². The summed E-state index contributed by atoms with van der Waals surface area (Å²) in [4.78, 5) is 0. The summed E-state index contributed by atoms with van der Waals surface area (Å²) in [5, 5.41) is 6.72. The molecule has 0 heterocycles. The lowest BCUT2D eigenvalue weighted by molar-refractivity contribution is 1.19. The average molecular weight is 218 g/mol. The molecular formula is C14H22N2. The number of hydrogen-bond acceptors (Lipinski definition) is 2. The largest absolute Gasteiger partial charge is 0.385 e. The molecule has 88 valence electrons. The smallest absolute Gasteiger partial charge is 0.0366 e. The Morgan fingerprint density at radius 2 is 1.56 bits per heavy atom. The van der Waals surface area contributed by atoms with Crippen molar-refractivity contribution in [2.45, 2.75) is 27.7 Å². The molecule has 16 heavy (non-hydrogen) atoms. The van der Waals surface area contributed by atoms with Crippen molar-refractivity contribution in [3.8, 4) is 0 Å². The Morgan fingerprint density at radius 1 is 1.06 bits per heavy atom. The van der Waals surface area contributed by atoms with E-state index in [9.17, 15) is 0 Å². The van der Waals surface area contributed by atoms with E-state index in [1.165, 1.54) is 22.5 Å². The molecule has 0 aliphatic rings. The van der Waals surface area contributed by atoms with E-state index >= 15 is 0 Å². The Kier molecular flexibility index (Phi) is 4.90. The molecule has 1 aromatic carbocycles. The van der Waals surface area contributed by atoms with Gasteiger partial charge >= 0.3 is 0 Å². The molecule has 1 rings (SSSR count). The Bertz CT molecular complexity index is 343. The molecule has 0 aromatic heterocycles. The summed E-state index contributed by atoms with van der Waals surface area (Å²) in [6.07, 6.45) is 2.14. The van der Waals surface area contributed by atoms with Gasteiger partial charge in [-0.2, -0.15) is 0 Å². The summed E-state index contributed by atoms with van der Waals surface area (Å²) < 4.78 is 0. The highest BCUT2D eigenvalue weighted by atomic mass is 14.9. The van der Waals surface area contributed by atoms with Crippen molar-refractivity contribution in [2.75, 3.05) is 23.7 Å². The Balaban J connectivity index is 3.07. The van der Waals surface area contributed by atoms with E-state index in [1.807, 2.05) is 0 Å². The van der Waals surface area contributed by atoms with E-state index < -0.39 is 0 Å². The van der Waals surface area contributed by atoms with Crippen LogP contribution in [0.5, 0.6) is 0 Å². The van der Waals surface area contributed by atoms with Gasteiger partial charge in [0.05, 0.1) is 0 Å². The summed E-state index contributed by atoms with van der Waals surface area (Å²) in [5.74, 6) is 0. The molecule has 0 saturated carbocycles. The van der Waals surface area contributed by atoms with Gasteiger partial charge in [-0.05, 0) is 57.0 Å². The summed E-state index contributed by atoms with van der Waals surface area (Å²) in [5.41, 5.74) is 4.94. The maximum absolute atomic E-state index is 3.36. The van der Waals surface area contributed by atoms with Crippen LogP contribution in [-0.2, 0) is 0 Å². The molecule has 0 bridgehead atoms. The second-order valence-corrected chi connectivity index (χ2v) is 3.83. The van der Waals surface area contributed by atoms with Gasteiger partial charge in [-0.25, -0.2) is 0 Å². The van der Waals surface area contributed by atoms with Crippen LogP contribution in [0.3, 0.4) is 0 Å². The van der Waals surface area contributed by atoms with Gasteiger partial charge in [0, 0.05) is 24.5 Å². The molecule has 2 nitrogen and oxygen atoms in total. The number of nitrogens with one attached hydrogen (secondary N) is 2. The third kappa shape index (κ3) is 3.30. The second-order valence-electron chi connectivity index (χ2n) is 3.83. The first kappa shape index (κ1) is 12.6. The number of anilines is 2. The Labute approximate surface area is 98.8 Å². The standard InChI is InChI=1S/C14H22N2/c1-5-11(4)12-8-13(15-6-2)10-14(9-12)16-7-3/h5,8-10,15-16H,6-7H2,1-4H3/b11-5-. The molecule has 0 saturated heterocycles. The van der Waals surface area contributed by atoms with Gasteiger partial charge in [-0.15, -0.1) is 0 Å². The van der Waals surface area contributed by atoms with Crippen LogP contribution in [-0.4, -0.2) is 13.1 Å². The van der Waals surface area contributed by atoms with Crippen LogP contribution in [0, 0.1) is 0 Å². The van der Waals surface area contributed by atoms with Gasteiger partial charge in [-0.1, -0.05) is 6.08 Å². The monoisotopic (exact) mass is 218 g/mol. The molecule has 0 spiro atoms. The molecular weight excluding hydrogens is 196 g/mol. The summed E-state index contributed by atoms with van der Waals surface area (Å²) in [7, 11) is 0. The van der Waals surface area contributed by atoms with E-state index in [1.54, 1.807) is 0 Å². The molecule has 1 aromatic rings. The minimum atomic E-state index is 0.948. The first-order valence-electron chi connectivity index (χ1n) is 5.97. The maximum Gasteiger partial charge on any atom is 0.0366 e. The lowest BCUT2D eigenvalue weighted by atomic mass is 10.1. The molecule has 0 aliphatic heterocycles. The van der Waals surface area contributed by atoms with Gasteiger partial charge in [0.15, 0.2) is 0 Å². The van der Waals surface area contributed by atoms with Crippen LogP contribution in [0.1, 0.15) is 33.3 Å². The third-order valence-electron chi connectivity index (χ3n) is 2.58. The molecule has 2 heteroatoms. The van der Waals surface area contributed by atoms with E-state index in [4.69, 9.17) is 0 Å². The van der Waals surface area contributed by atoms with Crippen molar-refractivity contribution in [1.82, 2.24) is 0 Å². The van der Waals surface area contributed by atoms with Crippen LogP contribution in [0.4, 0.5) is 11.4 Å². The number of rotatable bonds is 5. The third-order valence-corrected chi connectivity index (χ3v) is 2.58. The highest BCUT2D eigenvalue weighted by molar-refractivity contribution is 5.72. The molecule has 0 aliphatic carbocycles. The highest BCUT2D eigenvalue weighted by Gasteiger charge is 2.01. The normalized spacial score (nSPS) is 11.4. The molecule has 0 atom stereocenters. The molecule has 2 N–H and O–H groups in total. The lowest BCUT2D eigenvalue weighted by Crippen LogP contribution is -2.01. The number of benzene rings is 1. The minimum absolute atomic E-state index is 0.948.